The first-order chi connectivity index (χ1) is 12.0. The number of nitrogens with zero attached hydrogens (tertiary/aromatic N) is 2. The Morgan fingerprint density at radius 2 is 1.72 bits per heavy atom. The Morgan fingerprint density at radius 1 is 1.12 bits per heavy atom. The third-order valence-electron chi connectivity index (χ3n) is 4.71. The molecule has 5 nitrogen and oxygen atoms in total. The van der Waals surface area contributed by atoms with Crippen LogP contribution in [-0.2, 0) is 0 Å². The Kier molecular flexibility index (Phi) is 7.12. The number of benzene rings is 1. The predicted molar refractivity (Wildman–Crippen MR) is 103 cm³/mol. The Hall–Kier alpha value is -2.22. The van der Waals surface area contributed by atoms with Crippen LogP contribution in [0.5, 0.6) is 0 Å². The highest BCUT2D eigenvalue weighted by molar-refractivity contribution is 5.89. The summed E-state index contributed by atoms with van der Waals surface area (Å²) in [6.07, 6.45) is 6.08. The first-order valence-corrected chi connectivity index (χ1v) is 9.27. The summed E-state index contributed by atoms with van der Waals surface area (Å²) in [5.41, 5.74) is 1.93. The molecule has 2 amide bonds. The molecule has 0 spiro atoms. The van der Waals surface area contributed by atoms with Crippen LogP contribution < -0.4 is 10.6 Å². The zero-order valence-electron chi connectivity index (χ0n) is 15.5. The Morgan fingerprint density at radius 3 is 2.32 bits per heavy atom. The highest BCUT2D eigenvalue weighted by atomic mass is 16.2. The molecule has 1 aliphatic rings. The van der Waals surface area contributed by atoms with Crippen LogP contribution in [0.3, 0.4) is 0 Å². The van der Waals surface area contributed by atoms with Gasteiger partial charge in [0, 0.05) is 37.4 Å². The van der Waals surface area contributed by atoms with E-state index in [1.807, 2.05) is 29.2 Å². The van der Waals surface area contributed by atoms with Gasteiger partial charge in [-0.3, -0.25) is 0 Å². The minimum absolute atomic E-state index is 0.000228. The third-order valence-corrected chi connectivity index (χ3v) is 4.71. The van der Waals surface area contributed by atoms with Gasteiger partial charge in [-0.15, -0.1) is 0 Å². The number of hydrogen-bond donors (Lipinski definition) is 2. The van der Waals surface area contributed by atoms with E-state index in [9.17, 15) is 4.79 Å². The van der Waals surface area contributed by atoms with Crippen LogP contribution in [0, 0.1) is 16.7 Å². The molecule has 1 saturated heterocycles. The van der Waals surface area contributed by atoms with Crippen molar-refractivity contribution >= 4 is 17.4 Å². The summed E-state index contributed by atoms with van der Waals surface area (Å²) in [4.78, 5) is 14.2. The maximum absolute atomic E-state index is 12.3. The number of carbonyl (C=O) groups is 1. The third kappa shape index (κ3) is 6.66. The van der Waals surface area contributed by atoms with Crippen LogP contribution in [0.4, 0.5) is 16.2 Å². The van der Waals surface area contributed by atoms with Crippen molar-refractivity contribution in [3.8, 4) is 6.07 Å². The number of amides is 2. The summed E-state index contributed by atoms with van der Waals surface area (Å²) < 4.78 is 0. The van der Waals surface area contributed by atoms with Gasteiger partial charge in [0.05, 0.1) is 6.07 Å². The van der Waals surface area contributed by atoms with Gasteiger partial charge in [0.25, 0.3) is 0 Å². The van der Waals surface area contributed by atoms with E-state index in [2.05, 4.69) is 30.6 Å². The Balaban J connectivity index is 1.83. The summed E-state index contributed by atoms with van der Waals surface area (Å²) in [6, 6.07) is 10.0. The van der Waals surface area contributed by atoms with Crippen LogP contribution in [0.2, 0.25) is 0 Å². The molecule has 5 heteroatoms. The number of carbonyl (C=O) groups excluding carboxylic acids is 1. The molecule has 2 N–H and O–H groups in total. The lowest BCUT2D eigenvalue weighted by Gasteiger charge is -2.24. The molecule has 0 atom stereocenters. The lowest BCUT2D eigenvalue weighted by Crippen LogP contribution is -2.35. The van der Waals surface area contributed by atoms with E-state index in [0.29, 0.717) is 6.42 Å². The van der Waals surface area contributed by atoms with Gasteiger partial charge in [0.15, 0.2) is 0 Å². The second-order valence-corrected chi connectivity index (χ2v) is 7.58. The molecule has 0 bridgehead atoms. The monoisotopic (exact) mass is 342 g/mol. The van der Waals surface area contributed by atoms with Gasteiger partial charge >= 0.3 is 6.03 Å². The maximum atomic E-state index is 12.3. The van der Waals surface area contributed by atoms with E-state index >= 15 is 0 Å². The molecule has 136 valence electrons. The van der Waals surface area contributed by atoms with Gasteiger partial charge < -0.3 is 15.5 Å². The van der Waals surface area contributed by atoms with Crippen LogP contribution in [0.1, 0.15) is 52.4 Å². The summed E-state index contributed by atoms with van der Waals surface area (Å²) in [5.74, 6) is 0. The molecule has 1 aromatic carbocycles. The summed E-state index contributed by atoms with van der Waals surface area (Å²) in [6.45, 7) is 6.83. The molecule has 0 aliphatic carbocycles. The Bertz CT molecular complexity index is 581. The second-order valence-electron chi connectivity index (χ2n) is 7.58. The van der Waals surface area contributed by atoms with Crippen molar-refractivity contribution in [1.29, 1.82) is 5.26 Å². The number of nitrogens with one attached hydrogen (secondary N) is 2. The van der Waals surface area contributed by atoms with Crippen molar-refractivity contribution in [2.45, 2.75) is 52.4 Å². The number of urea groups is 1. The summed E-state index contributed by atoms with van der Waals surface area (Å²) >= 11 is 0. The van der Waals surface area contributed by atoms with E-state index in [1.165, 1.54) is 12.8 Å². The fraction of sp³-hybridized carbons (Fsp3) is 0.600. The zero-order chi connectivity index (χ0) is 18.1. The normalized spacial score (nSPS) is 15.2. The van der Waals surface area contributed by atoms with Gasteiger partial charge in [0.1, 0.15) is 0 Å². The van der Waals surface area contributed by atoms with Crippen molar-refractivity contribution < 1.29 is 4.79 Å². The lowest BCUT2D eigenvalue weighted by molar-refractivity contribution is 0.214. The minimum Gasteiger partial charge on any atom is -0.385 e. The topological polar surface area (TPSA) is 68.2 Å². The van der Waals surface area contributed by atoms with Gasteiger partial charge in [-0.05, 0) is 48.9 Å². The van der Waals surface area contributed by atoms with Crippen molar-refractivity contribution in [2.24, 2.45) is 5.41 Å². The molecular formula is C20H30N4O. The maximum Gasteiger partial charge on any atom is 0.321 e. The summed E-state index contributed by atoms with van der Waals surface area (Å²) in [5, 5.41) is 15.1. The number of likely N-dealkylation sites (tertiary alicyclic amines) is 1. The molecule has 2 rings (SSSR count). The standard InChI is InChI=1S/C20H30N4O/c1-20(2,12-7-13-21)16-22-17-8-10-18(11-9-17)23-19(25)24-14-5-3-4-6-15-24/h8-11,22H,3-7,12,14-16H2,1-2H3,(H,23,25). The molecule has 25 heavy (non-hydrogen) atoms. The van der Waals surface area contributed by atoms with E-state index in [0.717, 1.165) is 50.3 Å². The van der Waals surface area contributed by atoms with Gasteiger partial charge in [-0.25, -0.2) is 4.79 Å². The smallest absolute Gasteiger partial charge is 0.321 e. The minimum atomic E-state index is 0.000228. The van der Waals surface area contributed by atoms with E-state index in [-0.39, 0.29) is 11.4 Å². The van der Waals surface area contributed by atoms with Crippen molar-refractivity contribution in [1.82, 2.24) is 4.90 Å². The largest absolute Gasteiger partial charge is 0.385 e. The highest BCUT2D eigenvalue weighted by Crippen LogP contribution is 2.23. The molecule has 0 aromatic heterocycles. The number of anilines is 2. The number of rotatable bonds is 6. The van der Waals surface area contributed by atoms with Crippen molar-refractivity contribution in [2.75, 3.05) is 30.3 Å². The number of hydrogen-bond acceptors (Lipinski definition) is 3. The predicted octanol–water partition coefficient (Wildman–Crippen LogP) is 4.84. The molecule has 0 radical (unpaired) electrons. The van der Waals surface area contributed by atoms with Crippen LogP contribution >= 0.6 is 0 Å². The average molecular weight is 342 g/mol. The van der Waals surface area contributed by atoms with Gasteiger partial charge in [0.2, 0.25) is 0 Å². The highest BCUT2D eigenvalue weighted by Gasteiger charge is 2.17. The van der Waals surface area contributed by atoms with E-state index in [4.69, 9.17) is 5.26 Å². The second kappa shape index (κ2) is 9.31. The fourth-order valence-corrected chi connectivity index (χ4v) is 2.97. The van der Waals surface area contributed by atoms with Crippen molar-refractivity contribution in [3.05, 3.63) is 24.3 Å². The first kappa shape index (κ1) is 19.1. The van der Waals surface area contributed by atoms with Crippen LogP contribution in [0.25, 0.3) is 0 Å². The Labute approximate surface area is 151 Å². The summed E-state index contributed by atoms with van der Waals surface area (Å²) in [7, 11) is 0. The van der Waals surface area contributed by atoms with E-state index < -0.39 is 0 Å². The first-order valence-electron chi connectivity index (χ1n) is 9.27. The lowest BCUT2D eigenvalue weighted by atomic mass is 9.88. The average Bonchev–Trinajstić information content (AvgIpc) is 2.89. The molecule has 1 heterocycles. The molecule has 0 unspecified atom stereocenters. The fourth-order valence-electron chi connectivity index (χ4n) is 2.97. The van der Waals surface area contributed by atoms with Crippen LogP contribution in [0.15, 0.2) is 24.3 Å². The molecule has 1 aromatic rings. The molecule has 1 aliphatic heterocycles. The number of nitriles is 1. The van der Waals surface area contributed by atoms with Gasteiger partial charge in [-0.2, -0.15) is 5.26 Å². The molecule has 0 saturated carbocycles. The van der Waals surface area contributed by atoms with Gasteiger partial charge in [-0.1, -0.05) is 26.7 Å². The van der Waals surface area contributed by atoms with E-state index in [1.54, 1.807) is 0 Å². The molecule has 1 fully saturated rings. The SMILES string of the molecule is CC(C)(CCC#N)CNc1ccc(NC(=O)N2CCCCCC2)cc1. The van der Waals surface area contributed by atoms with Crippen molar-refractivity contribution in [3.63, 3.8) is 0 Å². The van der Waals surface area contributed by atoms with Crippen LogP contribution in [-0.4, -0.2) is 30.6 Å². The molecular weight excluding hydrogens is 312 g/mol. The quantitative estimate of drug-likeness (QED) is 0.777. The zero-order valence-corrected chi connectivity index (χ0v) is 15.5.